The van der Waals surface area contributed by atoms with E-state index in [9.17, 15) is 4.79 Å². The van der Waals surface area contributed by atoms with Crippen LogP contribution in [0, 0.1) is 5.92 Å². The Balaban J connectivity index is 1.34. The van der Waals surface area contributed by atoms with Crippen LogP contribution in [0.25, 0.3) is 0 Å². The van der Waals surface area contributed by atoms with Gasteiger partial charge in [0.2, 0.25) is 5.76 Å². The van der Waals surface area contributed by atoms with Crippen molar-refractivity contribution in [2.75, 3.05) is 26.3 Å². The maximum atomic E-state index is 12.3. The van der Waals surface area contributed by atoms with E-state index in [1.165, 1.54) is 19.0 Å². The molecule has 0 bridgehead atoms. The van der Waals surface area contributed by atoms with E-state index in [0.717, 1.165) is 25.4 Å². The first kappa shape index (κ1) is 13.3. The predicted molar refractivity (Wildman–Crippen MR) is 72.8 cm³/mol. The van der Waals surface area contributed by atoms with Crippen LogP contribution in [0.1, 0.15) is 36.2 Å². The highest BCUT2D eigenvalue weighted by Gasteiger charge is 2.47. The molecule has 1 aromatic heterocycles. The number of carbonyl (C=O) groups is 1. The molecule has 0 aromatic carbocycles. The zero-order valence-electron chi connectivity index (χ0n) is 12.0. The van der Waals surface area contributed by atoms with E-state index in [2.05, 4.69) is 5.16 Å². The van der Waals surface area contributed by atoms with E-state index in [1.807, 2.05) is 0 Å². The number of carbonyl (C=O) groups excluding carboxylic acids is 1. The first-order chi connectivity index (χ1) is 10.2. The molecular formula is C15H20N2O4. The Morgan fingerprint density at radius 2 is 2.43 bits per heavy atom. The van der Waals surface area contributed by atoms with Crippen LogP contribution in [-0.2, 0) is 9.47 Å². The van der Waals surface area contributed by atoms with Gasteiger partial charge in [-0.1, -0.05) is 5.16 Å². The third-order valence-electron chi connectivity index (χ3n) is 4.69. The van der Waals surface area contributed by atoms with Gasteiger partial charge in [0.25, 0.3) is 5.91 Å². The second-order valence-corrected chi connectivity index (χ2v) is 6.45. The van der Waals surface area contributed by atoms with Gasteiger partial charge in [-0.15, -0.1) is 0 Å². The molecule has 6 nitrogen and oxygen atoms in total. The van der Waals surface area contributed by atoms with Crippen LogP contribution in [0.3, 0.4) is 0 Å². The fraction of sp³-hybridized carbons (Fsp3) is 0.733. The van der Waals surface area contributed by atoms with E-state index in [-0.39, 0.29) is 17.6 Å². The van der Waals surface area contributed by atoms with Crippen molar-refractivity contribution in [1.82, 2.24) is 10.1 Å². The molecule has 0 N–H and O–H groups in total. The summed E-state index contributed by atoms with van der Waals surface area (Å²) in [6.45, 7) is 2.84. The van der Waals surface area contributed by atoms with Gasteiger partial charge in [-0.2, -0.15) is 0 Å². The van der Waals surface area contributed by atoms with Crippen molar-refractivity contribution in [1.29, 1.82) is 0 Å². The minimum Gasteiger partial charge on any atom is -0.375 e. The molecule has 2 saturated heterocycles. The van der Waals surface area contributed by atoms with Crippen molar-refractivity contribution in [3.8, 4) is 0 Å². The topological polar surface area (TPSA) is 64.8 Å². The molecule has 3 heterocycles. The number of amides is 1. The van der Waals surface area contributed by atoms with E-state index in [0.29, 0.717) is 25.5 Å². The molecule has 0 unspecified atom stereocenters. The third kappa shape index (κ3) is 2.70. The van der Waals surface area contributed by atoms with Crippen LogP contribution in [0.4, 0.5) is 0 Å². The molecule has 3 fully saturated rings. The Bertz CT molecular complexity index is 514. The normalized spacial score (nSPS) is 32.2. The molecule has 6 heteroatoms. The SMILES string of the molecule is O=C(c1ccno1)N1CC[C@@]2(C[C@H](OCC3CC3)CO2)C1. The fourth-order valence-electron chi connectivity index (χ4n) is 3.25. The van der Waals surface area contributed by atoms with E-state index in [1.54, 1.807) is 11.0 Å². The van der Waals surface area contributed by atoms with Crippen LogP contribution in [-0.4, -0.2) is 54.0 Å². The quantitative estimate of drug-likeness (QED) is 0.841. The maximum Gasteiger partial charge on any atom is 0.292 e. The van der Waals surface area contributed by atoms with Crippen molar-refractivity contribution in [2.45, 2.75) is 37.4 Å². The van der Waals surface area contributed by atoms with Gasteiger partial charge >= 0.3 is 0 Å². The second-order valence-electron chi connectivity index (χ2n) is 6.45. The maximum absolute atomic E-state index is 12.3. The molecule has 2 atom stereocenters. The number of hydrogen-bond acceptors (Lipinski definition) is 5. The van der Waals surface area contributed by atoms with Gasteiger partial charge in [0, 0.05) is 25.6 Å². The van der Waals surface area contributed by atoms with Crippen LogP contribution in [0.15, 0.2) is 16.8 Å². The molecule has 4 rings (SSSR count). The van der Waals surface area contributed by atoms with Gasteiger partial charge in [0.15, 0.2) is 0 Å². The van der Waals surface area contributed by atoms with Crippen molar-refractivity contribution in [3.63, 3.8) is 0 Å². The summed E-state index contributed by atoms with van der Waals surface area (Å²) in [6, 6.07) is 1.60. The number of ether oxygens (including phenoxy) is 2. The molecular weight excluding hydrogens is 272 g/mol. The van der Waals surface area contributed by atoms with Crippen molar-refractivity contribution in [2.24, 2.45) is 5.92 Å². The van der Waals surface area contributed by atoms with Gasteiger partial charge in [-0.3, -0.25) is 4.79 Å². The summed E-state index contributed by atoms with van der Waals surface area (Å²) in [5.41, 5.74) is -0.218. The minimum atomic E-state index is -0.218. The standard InChI is InChI=1S/C15H20N2O4/c18-14(13-3-5-16-21-13)17-6-4-15(10-17)7-12(9-20-15)19-8-11-1-2-11/h3,5,11-12H,1-2,4,6-10H2/t12-,15+/m0/s1. The largest absolute Gasteiger partial charge is 0.375 e. The highest BCUT2D eigenvalue weighted by Crippen LogP contribution is 2.38. The molecule has 1 aromatic rings. The Morgan fingerprint density at radius 3 is 3.19 bits per heavy atom. The van der Waals surface area contributed by atoms with Crippen LogP contribution in [0.2, 0.25) is 0 Å². The predicted octanol–water partition coefficient (Wildman–Crippen LogP) is 1.47. The Kier molecular flexibility index (Phi) is 3.23. The number of likely N-dealkylation sites (tertiary alicyclic amines) is 1. The lowest BCUT2D eigenvalue weighted by molar-refractivity contribution is 0.00133. The summed E-state index contributed by atoms with van der Waals surface area (Å²) < 4.78 is 16.9. The number of aromatic nitrogens is 1. The first-order valence-electron chi connectivity index (χ1n) is 7.70. The summed E-state index contributed by atoms with van der Waals surface area (Å²) in [4.78, 5) is 14.1. The molecule has 1 aliphatic carbocycles. The Morgan fingerprint density at radius 1 is 1.52 bits per heavy atom. The fourth-order valence-corrected chi connectivity index (χ4v) is 3.25. The summed E-state index contributed by atoms with van der Waals surface area (Å²) in [5.74, 6) is 0.969. The van der Waals surface area contributed by atoms with Gasteiger partial charge in [0.05, 0.1) is 31.1 Å². The van der Waals surface area contributed by atoms with E-state index >= 15 is 0 Å². The summed E-state index contributed by atoms with van der Waals surface area (Å²) in [6.07, 6.45) is 6.05. The molecule has 1 amide bonds. The van der Waals surface area contributed by atoms with Gasteiger partial charge in [-0.25, -0.2) is 0 Å². The lowest BCUT2D eigenvalue weighted by atomic mass is 9.98. The van der Waals surface area contributed by atoms with Crippen molar-refractivity contribution in [3.05, 3.63) is 18.0 Å². The zero-order valence-corrected chi connectivity index (χ0v) is 12.0. The van der Waals surface area contributed by atoms with Crippen molar-refractivity contribution >= 4 is 5.91 Å². The van der Waals surface area contributed by atoms with Gasteiger partial charge < -0.3 is 18.9 Å². The van der Waals surface area contributed by atoms with E-state index < -0.39 is 0 Å². The van der Waals surface area contributed by atoms with E-state index in [4.69, 9.17) is 14.0 Å². The smallest absolute Gasteiger partial charge is 0.292 e. The average molecular weight is 292 g/mol. The van der Waals surface area contributed by atoms with Crippen LogP contribution >= 0.6 is 0 Å². The first-order valence-corrected chi connectivity index (χ1v) is 7.70. The minimum absolute atomic E-state index is 0.102. The van der Waals surface area contributed by atoms with Gasteiger partial charge in [0.1, 0.15) is 0 Å². The van der Waals surface area contributed by atoms with Gasteiger partial charge in [-0.05, 0) is 25.2 Å². The number of hydrogen-bond donors (Lipinski definition) is 0. The number of nitrogens with zero attached hydrogens (tertiary/aromatic N) is 2. The molecule has 3 aliphatic rings. The monoisotopic (exact) mass is 292 g/mol. The molecule has 0 radical (unpaired) electrons. The highest BCUT2D eigenvalue weighted by molar-refractivity contribution is 5.91. The Labute approximate surface area is 123 Å². The molecule has 2 aliphatic heterocycles. The molecule has 1 saturated carbocycles. The lowest BCUT2D eigenvalue weighted by Crippen LogP contribution is -2.36. The third-order valence-corrected chi connectivity index (χ3v) is 4.69. The lowest BCUT2D eigenvalue weighted by Gasteiger charge is -2.22. The summed E-state index contributed by atoms with van der Waals surface area (Å²) in [5, 5.41) is 3.59. The molecule has 114 valence electrons. The van der Waals surface area contributed by atoms with Crippen LogP contribution in [0.5, 0.6) is 0 Å². The van der Waals surface area contributed by atoms with Crippen molar-refractivity contribution < 1.29 is 18.8 Å². The summed E-state index contributed by atoms with van der Waals surface area (Å²) >= 11 is 0. The highest BCUT2D eigenvalue weighted by atomic mass is 16.6. The molecule has 1 spiro atoms. The summed E-state index contributed by atoms with van der Waals surface area (Å²) in [7, 11) is 0. The number of rotatable bonds is 4. The molecule has 21 heavy (non-hydrogen) atoms. The average Bonchev–Trinajstić information content (AvgIpc) is 2.96. The zero-order chi connectivity index (χ0) is 14.3. The Hall–Kier alpha value is -1.40. The van der Waals surface area contributed by atoms with Crippen LogP contribution < -0.4 is 0 Å². The second kappa shape index (κ2) is 5.10.